The second-order valence-electron chi connectivity index (χ2n) is 2.52. The van der Waals surface area contributed by atoms with E-state index < -0.39 is 6.67 Å². The predicted octanol–water partition coefficient (Wildman–Crippen LogP) is 1.77. The zero-order valence-electron chi connectivity index (χ0n) is 7.09. The van der Waals surface area contributed by atoms with Gasteiger partial charge in [0.15, 0.2) is 6.67 Å². The maximum atomic E-state index is 11.6. The largest absolute Gasteiger partial charge is 0.285 e. The Kier molecular flexibility index (Phi) is 3.72. The molecule has 1 aromatic rings. The van der Waals surface area contributed by atoms with Gasteiger partial charge < -0.3 is 0 Å². The highest BCUT2D eigenvalue weighted by Crippen LogP contribution is 1.99. The molecule has 0 aliphatic carbocycles. The lowest BCUT2D eigenvalue weighted by molar-refractivity contribution is -0.113. The van der Waals surface area contributed by atoms with Gasteiger partial charge in [-0.2, -0.15) is 0 Å². The summed E-state index contributed by atoms with van der Waals surface area (Å²) < 4.78 is 11.6. The fourth-order valence-corrected chi connectivity index (χ4v) is 0.957. The highest BCUT2D eigenvalue weighted by atomic mass is 19.1. The van der Waals surface area contributed by atoms with Crippen molar-refractivity contribution in [3.8, 4) is 11.8 Å². The first-order valence-electron chi connectivity index (χ1n) is 3.94. The zero-order chi connectivity index (χ0) is 9.52. The Labute approximate surface area is 76.6 Å². The number of alkyl halides is 1. The van der Waals surface area contributed by atoms with Crippen molar-refractivity contribution in [3.05, 3.63) is 35.9 Å². The maximum absolute atomic E-state index is 11.6. The second-order valence-corrected chi connectivity index (χ2v) is 2.52. The van der Waals surface area contributed by atoms with Crippen molar-refractivity contribution < 1.29 is 9.18 Å². The average molecular weight is 176 g/mol. The quantitative estimate of drug-likeness (QED) is 0.495. The van der Waals surface area contributed by atoms with Crippen LogP contribution in [-0.2, 0) is 11.2 Å². The van der Waals surface area contributed by atoms with E-state index in [-0.39, 0.29) is 12.2 Å². The summed E-state index contributed by atoms with van der Waals surface area (Å²) in [5, 5.41) is 0. The summed E-state index contributed by atoms with van der Waals surface area (Å²) in [5.41, 5.74) is 0.903. The van der Waals surface area contributed by atoms with Gasteiger partial charge in [-0.25, -0.2) is 4.39 Å². The number of halogens is 1. The number of hydrogen-bond donors (Lipinski definition) is 0. The van der Waals surface area contributed by atoms with Crippen molar-refractivity contribution in [1.82, 2.24) is 0 Å². The molecule has 0 bridgehead atoms. The molecule has 1 rings (SSSR count). The minimum Gasteiger partial charge on any atom is -0.285 e. The van der Waals surface area contributed by atoms with E-state index in [0.717, 1.165) is 5.56 Å². The molecule has 0 aliphatic heterocycles. The van der Waals surface area contributed by atoms with Gasteiger partial charge in [0, 0.05) is 6.42 Å². The van der Waals surface area contributed by atoms with Gasteiger partial charge in [0.1, 0.15) is 0 Å². The van der Waals surface area contributed by atoms with Gasteiger partial charge in [-0.1, -0.05) is 36.3 Å². The first-order chi connectivity index (χ1) is 6.33. The van der Waals surface area contributed by atoms with Crippen LogP contribution in [0.2, 0.25) is 0 Å². The summed E-state index contributed by atoms with van der Waals surface area (Å²) >= 11 is 0. The van der Waals surface area contributed by atoms with E-state index in [1.165, 1.54) is 0 Å². The minimum atomic E-state index is -0.763. The van der Waals surface area contributed by atoms with Crippen LogP contribution in [0.4, 0.5) is 4.39 Å². The fourth-order valence-electron chi connectivity index (χ4n) is 0.957. The molecule has 0 heterocycles. The minimum absolute atomic E-state index is 0.246. The Morgan fingerprint density at radius 3 is 2.62 bits per heavy atom. The van der Waals surface area contributed by atoms with E-state index in [1.807, 2.05) is 30.3 Å². The molecule has 1 aromatic carbocycles. The zero-order valence-corrected chi connectivity index (χ0v) is 7.09. The number of carbonyl (C=O) groups excluding carboxylic acids is 1. The third kappa shape index (κ3) is 3.53. The van der Waals surface area contributed by atoms with E-state index in [9.17, 15) is 9.18 Å². The first-order valence-corrected chi connectivity index (χ1v) is 3.94. The van der Waals surface area contributed by atoms with E-state index in [1.54, 1.807) is 0 Å². The second kappa shape index (κ2) is 5.10. The highest BCUT2D eigenvalue weighted by Gasteiger charge is 1.97. The van der Waals surface area contributed by atoms with Crippen molar-refractivity contribution >= 4 is 5.78 Å². The lowest BCUT2D eigenvalue weighted by Crippen LogP contribution is -1.98. The molecule has 0 aliphatic rings. The molecule has 0 atom stereocenters. The molecule has 0 aromatic heterocycles. The summed E-state index contributed by atoms with van der Waals surface area (Å²) in [6.07, 6.45) is 0.258. The van der Waals surface area contributed by atoms with Crippen LogP contribution in [0.1, 0.15) is 5.56 Å². The molecular formula is C11H9FO. The van der Waals surface area contributed by atoms with Crippen LogP contribution in [0, 0.1) is 11.8 Å². The Balaban J connectivity index is 2.55. The van der Waals surface area contributed by atoms with Crippen LogP contribution >= 0.6 is 0 Å². The van der Waals surface area contributed by atoms with Crippen LogP contribution in [0.15, 0.2) is 30.3 Å². The maximum Gasteiger partial charge on any atom is 0.209 e. The molecule has 0 N–H and O–H groups in total. The van der Waals surface area contributed by atoms with Crippen molar-refractivity contribution in [2.24, 2.45) is 0 Å². The van der Waals surface area contributed by atoms with E-state index in [4.69, 9.17) is 0 Å². The van der Waals surface area contributed by atoms with Crippen molar-refractivity contribution in [1.29, 1.82) is 0 Å². The summed E-state index contributed by atoms with van der Waals surface area (Å²) in [4.78, 5) is 11.0. The van der Waals surface area contributed by atoms with Gasteiger partial charge in [0.2, 0.25) is 5.78 Å². The summed E-state index contributed by atoms with van der Waals surface area (Å²) in [6.45, 7) is -0.763. The molecule has 0 fully saturated rings. The summed E-state index contributed by atoms with van der Waals surface area (Å²) in [5.74, 6) is 4.07. The standard InChI is InChI=1S/C11H9FO/c12-8-4-7-11(13)9-10-5-2-1-3-6-10/h1-3,5-6H,8-9H2. The molecule has 66 valence electrons. The van der Waals surface area contributed by atoms with E-state index in [0.29, 0.717) is 0 Å². The molecule has 0 unspecified atom stereocenters. The van der Waals surface area contributed by atoms with Crippen molar-refractivity contribution in [2.45, 2.75) is 6.42 Å². The third-order valence-electron chi connectivity index (χ3n) is 1.50. The number of ketones is 1. The Morgan fingerprint density at radius 1 is 1.31 bits per heavy atom. The molecular weight excluding hydrogens is 167 g/mol. The predicted molar refractivity (Wildman–Crippen MR) is 48.9 cm³/mol. The first kappa shape index (κ1) is 9.47. The average Bonchev–Trinajstić information content (AvgIpc) is 2.16. The Morgan fingerprint density at radius 2 is 2.00 bits per heavy atom. The van der Waals surface area contributed by atoms with Crippen molar-refractivity contribution in [2.75, 3.05) is 6.67 Å². The molecule has 0 saturated carbocycles. The van der Waals surface area contributed by atoms with Crippen LogP contribution in [0.3, 0.4) is 0 Å². The fraction of sp³-hybridized carbons (Fsp3) is 0.182. The topological polar surface area (TPSA) is 17.1 Å². The van der Waals surface area contributed by atoms with Gasteiger partial charge in [-0.3, -0.25) is 4.79 Å². The Bertz CT molecular complexity index is 332. The van der Waals surface area contributed by atoms with Gasteiger partial charge in [-0.15, -0.1) is 0 Å². The SMILES string of the molecule is O=C(C#CCF)Cc1ccccc1. The number of carbonyl (C=O) groups is 1. The normalized spacial score (nSPS) is 8.69. The van der Waals surface area contributed by atoms with Gasteiger partial charge in [0.25, 0.3) is 0 Å². The molecule has 0 amide bonds. The van der Waals surface area contributed by atoms with E-state index >= 15 is 0 Å². The van der Waals surface area contributed by atoms with Crippen LogP contribution in [0.5, 0.6) is 0 Å². The lowest BCUT2D eigenvalue weighted by Gasteiger charge is -1.93. The van der Waals surface area contributed by atoms with Gasteiger partial charge in [-0.05, 0) is 11.5 Å². The van der Waals surface area contributed by atoms with E-state index in [2.05, 4.69) is 11.8 Å². The molecule has 1 nitrogen and oxygen atoms in total. The number of rotatable bonds is 2. The summed E-state index contributed by atoms with van der Waals surface area (Å²) in [6, 6.07) is 9.27. The molecule has 0 saturated heterocycles. The molecule has 2 heteroatoms. The summed E-state index contributed by atoms with van der Waals surface area (Å²) in [7, 11) is 0. The van der Waals surface area contributed by atoms with Gasteiger partial charge in [0.05, 0.1) is 0 Å². The smallest absolute Gasteiger partial charge is 0.209 e. The third-order valence-corrected chi connectivity index (χ3v) is 1.50. The van der Waals surface area contributed by atoms with Crippen LogP contribution in [0.25, 0.3) is 0 Å². The number of benzene rings is 1. The van der Waals surface area contributed by atoms with Crippen molar-refractivity contribution in [3.63, 3.8) is 0 Å². The molecule has 13 heavy (non-hydrogen) atoms. The highest BCUT2D eigenvalue weighted by molar-refractivity contribution is 5.96. The monoisotopic (exact) mass is 176 g/mol. The Hall–Kier alpha value is -1.62. The number of hydrogen-bond acceptors (Lipinski definition) is 1. The number of Topliss-reactive ketones (excluding diaryl/α,β-unsaturated/α-hetero) is 1. The molecule has 0 spiro atoms. The van der Waals surface area contributed by atoms with Crippen LogP contribution in [-0.4, -0.2) is 12.5 Å². The van der Waals surface area contributed by atoms with Crippen LogP contribution < -0.4 is 0 Å². The van der Waals surface area contributed by atoms with Gasteiger partial charge >= 0.3 is 0 Å². The lowest BCUT2D eigenvalue weighted by atomic mass is 10.1. The molecule has 0 radical (unpaired) electrons.